The monoisotopic (exact) mass is 280 g/mol. The van der Waals surface area contributed by atoms with E-state index in [0.717, 1.165) is 5.56 Å². The lowest BCUT2D eigenvalue weighted by Crippen LogP contribution is -2.36. The van der Waals surface area contributed by atoms with Crippen molar-refractivity contribution in [3.8, 4) is 0 Å². The van der Waals surface area contributed by atoms with E-state index in [0.29, 0.717) is 11.0 Å². The Bertz CT molecular complexity index is 667. The molecular formula is C12H16N4O4. The van der Waals surface area contributed by atoms with Crippen molar-refractivity contribution in [1.82, 2.24) is 20.3 Å². The molecule has 0 bridgehead atoms. The quantitative estimate of drug-likeness (QED) is 0.473. The molecule has 8 nitrogen and oxygen atoms in total. The second-order valence-corrected chi connectivity index (χ2v) is 4.82. The fourth-order valence-corrected chi connectivity index (χ4v) is 2.76. The number of rotatable bonds is 3. The van der Waals surface area contributed by atoms with Crippen LogP contribution in [0.5, 0.6) is 0 Å². The number of aliphatic hydroxyl groups excluding tert-OH is 2. The maximum atomic E-state index is 11.7. The number of methoxy groups -OCH3 is 1. The molecule has 1 aliphatic rings. The van der Waals surface area contributed by atoms with Gasteiger partial charge in [-0.1, -0.05) is 0 Å². The van der Waals surface area contributed by atoms with Gasteiger partial charge in [0, 0.05) is 18.9 Å². The Labute approximate surface area is 113 Å². The van der Waals surface area contributed by atoms with Crippen molar-refractivity contribution in [3.05, 3.63) is 28.4 Å². The van der Waals surface area contributed by atoms with E-state index in [1.54, 1.807) is 6.20 Å². The van der Waals surface area contributed by atoms with Gasteiger partial charge in [0.1, 0.15) is 17.1 Å². The first-order valence-corrected chi connectivity index (χ1v) is 6.29. The van der Waals surface area contributed by atoms with E-state index in [2.05, 4.69) is 20.3 Å². The zero-order chi connectivity index (χ0) is 14.3. The van der Waals surface area contributed by atoms with Gasteiger partial charge in [0.15, 0.2) is 0 Å². The van der Waals surface area contributed by atoms with Crippen molar-refractivity contribution < 1.29 is 14.9 Å². The van der Waals surface area contributed by atoms with Crippen LogP contribution in [0.25, 0.3) is 11.0 Å². The summed E-state index contributed by atoms with van der Waals surface area (Å²) in [6.45, 7) is -0.201. The number of aromatic nitrogens is 3. The minimum atomic E-state index is -0.832. The predicted octanol–water partition coefficient (Wildman–Crippen LogP) is -1.37. The predicted molar refractivity (Wildman–Crippen MR) is 70.3 cm³/mol. The third-order valence-electron chi connectivity index (χ3n) is 3.77. The summed E-state index contributed by atoms with van der Waals surface area (Å²) in [4.78, 5) is 21.2. The van der Waals surface area contributed by atoms with Gasteiger partial charge in [0.25, 0.3) is 5.56 Å². The zero-order valence-electron chi connectivity index (χ0n) is 10.8. The van der Waals surface area contributed by atoms with Crippen LogP contribution in [0, 0.1) is 0 Å². The van der Waals surface area contributed by atoms with Crippen molar-refractivity contribution >= 4 is 11.0 Å². The number of nitrogens with one attached hydrogen (secondary N) is 3. The molecule has 1 fully saturated rings. The minimum Gasteiger partial charge on any atom is -0.395 e. The molecule has 5 N–H and O–H groups in total. The van der Waals surface area contributed by atoms with Crippen molar-refractivity contribution in [2.45, 2.75) is 24.3 Å². The number of hydrogen-bond acceptors (Lipinski definition) is 6. The molecule has 2 aromatic heterocycles. The molecule has 8 heteroatoms. The number of hydrogen-bond donors (Lipinski definition) is 5. The molecular weight excluding hydrogens is 264 g/mol. The SMILES string of the molecule is CO[C@@H]1[C@H](O)[C@@H](CO)N[C@H]1c1c[nH]c2c(=O)[nH]cnc12. The molecule has 20 heavy (non-hydrogen) atoms. The molecule has 0 radical (unpaired) electrons. The van der Waals surface area contributed by atoms with E-state index in [1.807, 2.05) is 0 Å². The number of nitrogens with zero attached hydrogens (tertiary/aromatic N) is 1. The standard InChI is InChI=1S/C12H16N4O4/c1-20-11-8(16-6(3-17)10(11)18)5-2-13-9-7(5)14-4-15-12(9)19/h2,4,6,8,10-11,13,16-18H,3H2,1H3,(H,14,15,19)/t6-,8+,10-,11+/m1/s1. The van der Waals surface area contributed by atoms with Crippen LogP contribution >= 0.6 is 0 Å². The number of fused-ring (bicyclic) bond motifs is 1. The van der Waals surface area contributed by atoms with Crippen LogP contribution in [0.2, 0.25) is 0 Å². The summed E-state index contributed by atoms with van der Waals surface area (Å²) in [7, 11) is 1.50. The van der Waals surface area contributed by atoms with Crippen molar-refractivity contribution in [2.24, 2.45) is 0 Å². The molecule has 1 saturated heterocycles. The Hall–Kier alpha value is -1.74. The smallest absolute Gasteiger partial charge is 0.275 e. The largest absolute Gasteiger partial charge is 0.395 e. The van der Waals surface area contributed by atoms with Gasteiger partial charge in [-0.25, -0.2) is 4.98 Å². The summed E-state index contributed by atoms with van der Waals surface area (Å²) in [6.07, 6.45) is 1.65. The maximum absolute atomic E-state index is 11.7. The van der Waals surface area contributed by atoms with Crippen LogP contribution in [0.1, 0.15) is 11.6 Å². The van der Waals surface area contributed by atoms with E-state index >= 15 is 0 Å². The molecule has 0 unspecified atom stereocenters. The summed E-state index contributed by atoms with van der Waals surface area (Å²) < 4.78 is 5.32. The summed E-state index contributed by atoms with van der Waals surface area (Å²) in [5.74, 6) is 0. The van der Waals surface area contributed by atoms with Gasteiger partial charge in [-0.3, -0.25) is 4.79 Å². The number of ether oxygens (including phenoxy) is 1. The van der Waals surface area contributed by atoms with Crippen LogP contribution in [0.15, 0.2) is 17.3 Å². The summed E-state index contributed by atoms with van der Waals surface area (Å²) in [5, 5.41) is 22.5. The Morgan fingerprint density at radius 1 is 1.45 bits per heavy atom. The molecule has 108 valence electrons. The molecule has 1 aliphatic heterocycles. The van der Waals surface area contributed by atoms with Gasteiger partial charge in [-0.15, -0.1) is 0 Å². The zero-order valence-corrected chi connectivity index (χ0v) is 10.8. The molecule has 0 spiro atoms. The van der Waals surface area contributed by atoms with E-state index in [-0.39, 0.29) is 18.2 Å². The van der Waals surface area contributed by atoms with Gasteiger partial charge in [0.05, 0.1) is 31.1 Å². The average Bonchev–Trinajstić information content (AvgIpc) is 3.00. The number of H-pyrrole nitrogens is 2. The van der Waals surface area contributed by atoms with Gasteiger partial charge < -0.3 is 30.2 Å². The fraction of sp³-hybridized carbons (Fsp3) is 0.500. The Balaban J connectivity index is 2.06. The highest BCUT2D eigenvalue weighted by Gasteiger charge is 2.43. The Morgan fingerprint density at radius 3 is 2.95 bits per heavy atom. The molecule has 0 amide bonds. The molecule has 3 heterocycles. The van der Waals surface area contributed by atoms with Gasteiger partial charge in [-0.05, 0) is 0 Å². The van der Waals surface area contributed by atoms with Crippen molar-refractivity contribution in [3.63, 3.8) is 0 Å². The lowest BCUT2D eigenvalue weighted by atomic mass is 10.0. The third-order valence-corrected chi connectivity index (χ3v) is 3.77. The normalized spacial score (nSPS) is 30.1. The summed E-state index contributed by atoms with van der Waals surface area (Å²) >= 11 is 0. The van der Waals surface area contributed by atoms with E-state index in [1.165, 1.54) is 13.4 Å². The number of aliphatic hydroxyl groups is 2. The highest BCUT2D eigenvalue weighted by atomic mass is 16.5. The van der Waals surface area contributed by atoms with Crippen LogP contribution < -0.4 is 10.9 Å². The lowest BCUT2D eigenvalue weighted by Gasteiger charge is -2.19. The first kappa shape index (κ1) is 13.3. The van der Waals surface area contributed by atoms with Gasteiger partial charge in [0.2, 0.25) is 0 Å². The van der Waals surface area contributed by atoms with Crippen LogP contribution in [-0.2, 0) is 4.74 Å². The molecule has 0 saturated carbocycles. The Kier molecular flexibility index (Phi) is 3.30. The first-order valence-electron chi connectivity index (χ1n) is 6.29. The maximum Gasteiger partial charge on any atom is 0.275 e. The van der Waals surface area contributed by atoms with Gasteiger partial charge in [-0.2, -0.15) is 0 Å². The average molecular weight is 280 g/mol. The van der Waals surface area contributed by atoms with E-state index in [4.69, 9.17) is 4.74 Å². The molecule has 2 aromatic rings. The van der Waals surface area contributed by atoms with Gasteiger partial charge >= 0.3 is 0 Å². The molecule has 3 rings (SSSR count). The van der Waals surface area contributed by atoms with Crippen molar-refractivity contribution in [1.29, 1.82) is 0 Å². The Morgan fingerprint density at radius 2 is 2.25 bits per heavy atom. The van der Waals surface area contributed by atoms with Crippen LogP contribution in [0.3, 0.4) is 0 Å². The van der Waals surface area contributed by atoms with E-state index in [9.17, 15) is 15.0 Å². The number of aromatic amines is 2. The van der Waals surface area contributed by atoms with E-state index < -0.39 is 18.2 Å². The summed E-state index contributed by atoms with van der Waals surface area (Å²) in [6, 6.07) is -0.827. The molecule has 4 atom stereocenters. The fourth-order valence-electron chi connectivity index (χ4n) is 2.76. The topological polar surface area (TPSA) is 123 Å². The highest BCUT2D eigenvalue weighted by Crippen LogP contribution is 2.32. The first-order chi connectivity index (χ1) is 9.67. The summed E-state index contributed by atoms with van der Waals surface area (Å²) in [5.41, 5.74) is 1.38. The highest BCUT2D eigenvalue weighted by molar-refractivity contribution is 5.78. The second-order valence-electron chi connectivity index (χ2n) is 4.82. The molecule has 0 aliphatic carbocycles. The van der Waals surface area contributed by atoms with Crippen LogP contribution in [-0.4, -0.2) is 57.1 Å². The third kappa shape index (κ3) is 1.85. The molecule has 0 aromatic carbocycles. The second kappa shape index (κ2) is 4.98. The van der Waals surface area contributed by atoms with Crippen LogP contribution in [0.4, 0.5) is 0 Å². The minimum absolute atomic E-state index is 0.201. The lowest BCUT2D eigenvalue weighted by molar-refractivity contribution is -0.00943. The van der Waals surface area contributed by atoms with Crippen molar-refractivity contribution in [2.75, 3.05) is 13.7 Å².